The van der Waals surface area contributed by atoms with Crippen LogP contribution in [-0.2, 0) is 0 Å². The molecular formula is C29H44N4O2S2. The minimum atomic E-state index is 0.0627. The molecule has 1 aromatic rings. The Morgan fingerprint density at radius 2 is 1.30 bits per heavy atom. The van der Waals surface area contributed by atoms with Gasteiger partial charge >= 0.3 is 0 Å². The van der Waals surface area contributed by atoms with Crippen molar-refractivity contribution in [2.45, 2.75) is 75.6 Å². The molecule has 0 aliphatic carbocycles. The number of piperidine rings is 2. The third kappa shape index (κ3) is 6.18. The van der Waals surface area contributed by atoms with E-state index < -0.39 is 0 Å². The number of likely N-dealkylation sites (tertiary alicyclic amines) is 4. The van der Waals surface area contributed by atoms with Gasteiger partial charge in [-0.2, -0.15) is 0 Å². The fourth-order valence-electron chi connectivity index (χ4n) is 6.89. The molecule has 0 spiro atoms. The van der Waals surface area contributed by atoms with Gasteiger partial charge in [0.05, 0.1) is 0 Å². The highest BCUT2D eigenvalue weighted by Crippen LogP contribution is 2.40. The summed E-state index contributed by atoms with van der Waals surface area (Å²) in [5.74, 6) is 0.799. The number of rotatable bonds is 6. The molecule has 0 aromatic heterocycles. The lowest BCUT2D eigenvalue weighted by atomic mass is 9.94. The Hall–Kier alpha value is -1.22. The molecular weight excluding hydrogens is 500 g/mol. The van der Waals surface area contributed by atoms with Crippen molar-refractivity contribution in [3.63, 3.8) is 0 Å². The van der Waals surface area contributed by atoms with E-state index >= 15 is 0 Å². The molecule has 0 saturated carbocycles. The number of nitrogens with zero attached hydrogens (tertiary/aromatic N) is 4. The number of thiol groups is 1. The van der Waals surface area contributed by atoms with Gasteiger partial charge in [-0.05, 0) is 103 Å². The largest absolute Gasteiger partial charge is 0.339 e. The summed E-state index contributed by atoms with van der Waals surface area (Å²) in [5, 5.41) is 0. The van der Waals surface area contributed by atoms with Crippen LogP contribution in [0.2, 0.25) is 0 Å². The molecule has 1 unspecified atom stereocenters. The Kier molecular flexibility index (Phi) is 8.79. The quantitative estimate of drug-likeness (QED) is 0.417. The maximum absolute atomic E-state index is 13.4. The summed E-state index contributed by atoms with van der Waals surface area (Å²) in [7, 11) is 1.68. The lowest BCUT2D eigenvalue weighted by molar-refractivity contribution is 0.0639. The highest BCUT2D eigenvalue weighted by Gasteiger charge is 2.38. The fourth-order valence-corrected chi connectivity index (χ4v) is 7.67. The van der Waals surface area contributed by atoms with E-state index in [-0.39, 0.29) is 16.6 Å². The van der Waals surface area contributed by atoms with Crippen LogP contribution in [0.3, 0.4) is 0 Å². The molecule has 4 heterocycles. The van der Waals surface area contributed by atoms with Crippen LogP contribution in [0.25, 0.3) is 0 Å². The lowest BCUT2D eigenvalue weighted by Crippen LogP contribution is -2.46. The van der Waals surface area contributed by atoms with Crippen LogP contribution in [-0.4, -0.2) is 101 Å². The average Bonchev–Trinajstić information content (AvgIpc) is 3.66. The molecule has 4 aliphatic heterocycles. The molecule has 0 bridgehead atoms. The van der Waals surface area contributed by atoms with E-state index in [1.54, 1.807) is 10.8 Å². The van der Waals surface area contributed by atoms with E-state index in [1.165, 1.54) is 32.4 Å². The average molecular weight is 545 g/mol. The SMILES string of the molecule is CC(C)(SS)C1CCN(C2CCN(C(=O)c3cccc(C(=O)N4CCC(N5CCCC5)CC4)c3)CC2)C1. The maximum atomic E-state index is 13.4. The van der Waals surface area contributed by atoms with Crippen LogP contribution in [0.4, 0.5) is 0 Å². The topological polar surface area (TPSA) is 47.1 Å². The minimum Gasteiger partial charge on any atom is -0.339 e. The minimum absolute atomic E-state index is 0.0627. The molecule has 0 radical (unpaired) electrons. The first kappa shape index (κ1) is 27.4. The normalized spacial score (nSPS) is 25.2. The summed E-state index contributed by atoms with van der Waals surface area (Å²) in [5.41, 5.74) is 1.29. The van der Waals surface area contributed by atoms with Gasteiger partial charge in [-0.15, -0.1) is 11.7 Å². The van der Waals surface area contributed by atoms with Gasteiger partial charge in [0, 0.05) is 60.7 Å². The van der Waals surface area contributed by atoms with Crippen molar-refractivity contribution in [3.05, 3.63) is 35.4 Å². The highest BCUT2D eigenvalue weighted by atomic mass is 33.1. The molecule has 4 fully saturated rings. The predicted molar refractivity (Wildman–Crippen MR) is 155 cm³/mol. The molecule has 4 saturated heterocycles. The Labute approximate surface area is 232 Å². The molecule has 6 nitrogen and oxygen atoms in total. The van der Waals surface area contributed by atoms with Crippen molar-refractivity contribution >= 4 is 34.3 Å². The Bertz CT molecular complexity index is 951. The number of carbonyl (C=O) groups excluding carboxylic acids is 2. The molecule has 5 rings (SSSR count). The van der Waals surface area contributed by atoms with E-state index in [9.17, 15) is 9.59 Å². The second-order valence-corrected chi connectivity index (χ2v) is 13.8. The first-order valence-electron chi connectivity index (χ1n) is 14.3. The first-order valence-corrected chi connectivity index (χ1v) is 16.2. The van der Waals surface area contributed by atoms with E-state index in [0.717, 1.165) is 65.0 Å². The van der Waals surface area contributed by atoms with Gasteiger partial charge in [-0.3, -0.25) is 14.5 Å². The summed E-state index contributed by atoms with van der Waals surface area (Å²) in [6.07, 6.45) is 8.02. The summed E-state index contributed by atoms with van der Waals surface area (Å²) < 4.78 is 0.195. The van der Waals surface area contributed by atoms with Crippen molar-refractivity contribution in [2.75, 3.05) is 52.4 Å². The van der Waals surface area contributed by atoms with Gasteiger partial charge in [0.15, 0.2) is 0 Å². The number of amides is 2. The molecule has 4 aliphatic rings. The monoisotopic (exact) mass is 544 g/mol. The molecule has 204 valence electrons. The predicted octanol–water partition coefficient (Wildman–Crippen LogP) is 4.67. The van der Waals surface area contributed by atoms with Crippen molar-refractivity contribution in [1.29, 1.82) is 0 Å². The Morgan fingerprint density at radius 3 is 1.81 bits per heavy atom. The van der Waals surface area contributed by atoms with Gasteiger partial charge in [-0.25, -0.2) is 0 Å². The molecule has 2 amide bonds. The van der Waals surface area contributed by atoms with Gasteiger partial charge in [-0.1, -0.05) is 16.9 Å². The first-order chi connectivity index (χ1) is 17.9. The van der Waals surface area contributed by atoms with Crippen LogP contribution in [0, 0.1) is 5.92 Å². The van der Waals surface area contributed by atoms with Crippen LogP contribution >= 0.6 is 22.5 Å². The van der Waals surface area contributed by atoms with Crippen LogP contribution in [0.15, 0.2) is 24.3 Å². The standard InChI is InChI=1S/C29H44N4O2S2/c1-29(2,37-36)24-8-15-33(21-24)26-11-18-32(19-12-26)28(35)23-7-5-6-22(20-23)27(34)31-16-9-25(10-17-31)30-13-3-4-14-30/h5-7,20,24-26,36H,3-4,8-19,21H2,1-2H3. The van der Waals surface area contributed by atoms with E-state index in [4.69, 9.17) is 0 Å². The molecule has 37 heavy (non-hydrogen) atoms. The third-order valence-electron chi connectivity index (χ3n) is 9.47. The summed E-state index contributed by atoms with van der Waals surface area (Å²) in [6.45, 7) is 12.5. The number of carbonyl (C=O) groups is 2. The highest BCUT2D eigenvalue weighted by molar-refractivity contribution is 8.69. The van der Waals surface area contributed by atoms with Crippen molar-refractivity contribution in [1.82, 2.24) is 19.6 Å². The molecule has 8 heteroatoms. The number of hydrogen-bond donors (Lipinski definition) is 1. The van der Waals surface area contributed by atoms with Gasteiger partial charge in [0.1, 0.15) is 0 Å². The summed E-state index contributed by atoms with van der Waals surface area (Å²) in [4.78, 5) is 35.8. The van der Waals surface area contributed by atoms with Crippen LogP contribution in [0.5, 0.6) is 0 Å². The Morgan fingerprint density at radius 1 is 0.784 bits per heavy atom. The van der Waals surface area contributed by atoms with Crippen molar-refractivity contribution < 1.29 is 9.59 Å². The van der Waals surface area contributed by atoms with Gasteiger partial charge in [0.25, 0.3) is 11.8 Å². The molecule has 1 atom stereocenters. The maximum Gasteiger partial charge on any atom is 0.253 e. The van der Waals surface area contributed by atoms with Crippen molar-refractivity contribution in [3.8, 4) is 0 Å². The van der Waals surface area contributed by atoms with Crippen LogP contribution < -0.4 is 0 Å². The fraction of sp³-hybridized carbons (Fsp3) is 0.724. The zero-order chi connectivity index (χ0) is 26.0. The van der Waals surface area contributed by atoms with Crippen LogP contribution in [0.1, 0.15) is 79.5 Å². The zero-order valence-electron chi connectivity index (χ0n) is 22.6. The number of hydrogen-bond acceptors (Lipinski definition) is 6. The Balaban J connectivity index is 1.13. The molecule has 1 aromatic carbocycles. The second kappa shape index (κ2) is 11.9. The zero-order valence-corrected chi connectivity index (χ0v) is 24.3. The van der Waals surface area contributed by atoms with E-state index in [0.29, 0.717) is 29.1 Å². The second-order valence-electron chi connectivity index (χ2n) is 12.0. The molecule has 0 N–H and O–H groups in total. The van der Waals surface area contributed by atoms with Gasteiger partial charge < -0.3 is 14.7 Å². The third-order valence-corrected chi connectivity index (χ3v) is 11.7. The summed E-state index contributed by atoms with van der Waals surface area (Å²) >= 11 is 4.50. The van der Waals surface area contributed by atoms with E-state index in [2.05, 4.69) is 35.3 Å². The lowest BCUT2D eigenvalue weighted by Gasteiger charge is -2.38. The number of benzene rings is 1. The van der Waals surface area contributed by atoms with Gasteiger partial charge in [0.2, 0.25) is 0 Å². The summed E-state index contributed by atoms with van der Waals surface area (Å²) in [6, 6.07) is 8.62. The smallest absolute Gasteiger partial charge is 0.253 e. The van der Waals surface area contributed by atoms with E-state index in [1.807, 2.05) is 34.1 Å². The van der Waals surface area contributed by atoms with Crippen molar-refractivity contribution in [2.24, 2.45) is 5.92 Å².